The Labute approximate surface area is 116 Å². The van der Waals surface area contributed by atoms with Gasteiger partial charge in [-0.2, -0.15) is 0 Å². The first kappa shape index (κ1) is 14.3. The Hall–Kier alpha value is -1.15. The second kappa shape index (κ2) is 7.44. The Balaban J connectivity index is 1.91. The van der Waals surface area contributed by atoms with Gasteiger partial charge in [-0.05, 0) is 30.9 Å². The van der Waals surface area contributed by atoms with Crippen LogP contribution in [0.25, 0.3) is 0 Å². The van der Waals surface area contributed by atoms with E-state index in [-0.39, 0.29) is 5.78 Å². The van der Waals surface area contributed by atoms with Crippen molar-refractivity contribution in [2.45, 2.75) is 51.4 Å². The van der Waals surface area contributed by atoms with Crippen LogP contribution < -0.4 is 5.32 Å². The maximum Gasteiger partial charge on any atom is 0.164 e. The van der Waals surface area contributed by atoms with Crippen LogP contribution in [0.5, 0.6) is 0 Å². The Kier molecular flexibility index (Phi) is 5.59. The molecule has 1 N–H and O–H groups in total. The minimum Gasteiger partial charge on any atom is -0.317 e. The summed E-state index contributed by atoms with van der Waals surface area (Å²) in [5.74, 6) is 0.968. The van der Waals surface area contributed by atoms with Gasteiger partial charge in [-0.25, -0.2) is 0 Å². The predicted molar refractivity (Wildman–Crippen MR) is 79.8 cm³/mol. The third kappa shape index (κ3) is 4.17. The van der Waals surface area contributed by atoms with Crippen LogP contribution in [0.15, 0.2) is 24.3 Å². The van der Waals surface area contributed by atoms with Gasteiger partial charge in [0.2, 0.25) is 0 Å². The van der Waals surface area contributed by atoms with Crippen LogP contribution in [0.2, 0.25) is 0 Å². The third-order valence-electron chi connectivity index (χ3n) is 4.09. The Morgan fingerprint density at radius 1 is 1.16 bits per heavy atom. The van der Waals surface area contributed by atoms with Gasteiger partial charge in [0.05, 0.1) is 0 Å². The molecule has 1 aliphatic rings. The summed E-state index contributed by atoms with van der Waals surface area (Å²) in [7, 11) is 0. The molecule has 2 nitrogen and oxygen atoms in total. The Morgan fingerprint density at radius 2 is 1.84 bits per heavy atom. The molecule has 19 heavy (non-hydrogen) atoms. The largest absolute Gasteiger partial charge is 0.317 e. The summed E-state index contributed by atoms with van der Waals surface area (Å²) >= 11 is 0. The van der Waals surface area contributed by atoms with Crippen molar-refractivity contribution in [1.82, 2.24) is 5.32 Å². The van der Waals surface area contributed by atoms with Gasteiger partial charge in [0.1, 0.15) is 0 Å². The first-order chi connectivity index (χ1) is 9.31. The molecule has 0 bridgehead atoms. The van der Waals surface area contributed by atoms with Crippen LogP contribution in [-0.2, 0) is 0 Å². The lowest BCUT2D eigenvalue weighted by Gasteiger charge is -2.22. The summed E-state index contributed by atoms with van der Waals surface area (Å²) in [6.45, 7) is 3.76. The first-order valence-corrected chi connectivity index (χ1v) is 7.65. The van der Waals surface area contributed by atoms with E-state index in [2.05, 4.69) is 24.4 Å². The maximum atomic E-state index is 12.0. The molecule has 0 aliphatic heterocycles. The highest BCUT2D eigenvalue weighted by molar-refractivity contribution is 5.96. The molecule has 2 rings (SSSR count). The second-order valence-corrected chi connectivity index (χ2v) is 5.48. The van der Waals surface area contributed by atoms with E-state index in [1.54, 1.807) is 0 Å². The van der Waals surface area contributed by atoms with Gasteiger partial charge in [-0.1, -0.05) is 50.5 Å². The Bertz CT molecular complexity index is 390. The van der Waals surface area contributed by atoms with E-state index < -0.39 is 0 Å². The molecule has 1 fully saturated rings. The van der Waals surface area contributed by atoms with E-state index in [1.165, 1.54) is 37.7 Å². The van der Waals surface area contributed by atoms with Crippen molar-refractivity contribution in [3.8, 4) is 0 Å². The SMILES string of the molecule is CCNCCC(=O)c1ccc(C2CCCCC2)cc1. The van der Waals surface area contributed by atoms with Crippen LogP contribution >= 0.6 is 0 Å². The van der Waals surface area contributed by atoms with Gasteiger partial charge in [0.15, 0.2) is 5.78 Å². The van der Waals surface area contributed by atoms with E-state index in [0.717, 1.165) is 24.6 Å². The quantitative estimate of drug-likeness (QED) is 0.620. The van der Waals surface area contributed by atoms with Crippen LogP contribution in [0.3, 0.4) is 0 Å². The predicted octanol–water partition coefficient (Wildman–Crippen LogP) is 3.92. The lowest BCUT2D eigenvalue weighted by atomic mass is 9.84. The van der Waals surface area contributed by atoms with Crippen LogP contribution in [-0.4, -0.2) is 18.9 Å². The average molecular weight is 259 g/mol. The van der Waals surface area contributed by atoms with Gasteiger partial charge in [-0.3, -0.25) is 4.79 Å². The molecule has 0 heterocycles. The molecular weight excluding hydrogens is 234 g/mol. The van der Waals surface area contributed by atoms with Crippen LogP contribution in [0.4, 0.5) is 0 Å². The van der Waals surface area contributed by atoms with E-state index >= 15 is 0 Å². The summed E-state index contributed by atoms with van der Waals surface area (Å²) in [5.41, 5.74) is 2.28. The van der Waals surface area contributed by atoms with E-state index in [0.29, 0.717) is 6.42 Å². The topological polar surface area (TPSA) is 29.1 Å². The number of rotatable bonds is 6. The molecule has 1 aromatic rings. The minimum atomic E-state index is 0.246. The number of ketones is 1. The number of carbonyl (C=O) groups is 1. The Morgan fingerprint density at radius 3 is 2.47 bits per heavy atom. The van der Waals surface area contributed by atoms with Crippen molar-refractivity contribution in [3.63, 3.8) is 0 Å². The zero-order chi connectivity index (χ0) is 13.5. The molecule has 104 valence electrons. The fourth-order valence-electron chi connectivity index (χ4n) is 2.90. The molecule has 0 unspecified atom stereocenters. The first-order valence-electron chi connectivity index (χ1n) is 7.65. The van der Waals surface area contributed by atoms with Gasteiger partial charge < -0.3 is 5.32 Å². The number of nitrogens with one attached hydrogen (secondary N) is 1. The second-order valence-electron chi connectivity index (χ2n) is 5.48. The molecule has 1 saturated carbocycles. The van der Waals surface area contributed by atoms with Crippen LogP contribution in [0.1, 0.15) is 67.3 Å². The molecule has 0 aromatic heterocycles. The summed E-state index contributed by atoms with van der Waals surface area (Å²) in [6.07, 6.45) is 7.32. The molecule has 0 saturated heterocycles. The van der Waals surface area contributed by atoms with Gasteiger partial charge in [0, 0.05) is 18.5 Å². The van der Waals surface area contributed by atoms with E-state index in [4.69, 9.17) is 0 Å². The fraction of sp³-hybridized carbons (Fsp3) is 0.588. The molecule has 1 aliphatic carbocycles. The lowest BCUT2D eigenvalue weighted by molar-refractivity contribution is 0.0983. The molecule has 1 aromatic carbocycles. The zero-order valence-electron chi connectivity index (χ0n) is 12.0. The third-order valence-corrected chi connectivity index (χ3v) is 4.09. The molecular formula is C17H25NO. The van der Waals surface area contributed by atoms with Crippen molar-refractivity contribution in [2.75, 3.05) is 13.1 Å². The highest BCUT2D eigenvalue weighted by Crippen LogP contribution is 2.32. The highest BCUT2D eigenvalue weighted by Gasteiger charge is 2.15. The molecule has 2 heteroatoms. The molecule has 0 radical (unpaired) electrons. The lowest BCUT2D eigenvalue weighted by Crippen LogP contribution is -2.17. The van der Waals surface area contributed by atoms with Crippen molar-refractivity contribution in [1.29, 1.82) is 0 Å². The van der Waals surface area contributed by atoms with Gasteiger partial charge in [-0.15, -0.1) is 0 Å². The fourth-order valence-corrected chi connectivity index (χ4v) is 2.90. The smallest absolute Gasteiger partial charge is 0.164 e. The monoisotopic (exact) mass is 259 g/mol. The van der Waals surface area contributed by atoms with Gasteiger partial charge in [0.25, 0.3) is 0 Å². The van der Waals surface area contributed by atoms with Crippen LogP contribution in [0, 0.1) is 0 Å². The molecule has 0 amide bonds. The van der Waals surface area contributed by atoms with Crippen molar-refractivity contribution in [2.24, 2.45) is 0 Å². The number of hydrogen-bond donors (Lipinski definition) is 1. The van der Waals surface area contributed by atoms with Crippen molar-refractivity contribution in [3.05, 3.63) is 35.4 Å². The maximum absolute atomic E-state index is 12.0. The standard InChI is InChI=1S/C17H25NO/c1-2-18-13-12-17(19)16-10-8-15(9-11-16)14-6-4-3-5-7-14/h8-11,14,18H,2-7,12-13H2,1H3. The number of benzene rings is 1. The summed E-state index contributed by atoms with van der Waals surface area (Å²) in [4.78, 5) is 12.0. The minimum absolute atomic E-state index is 0.246. The summed E-state index contributed by atoms with van der Waals surface area (Å²) < 4.78 is 0. The van der Waals surface area contributed by atoms with Crippen molar-refractivity contribution >= 4 is 5.78 Å². The van der Waals surface area contributed by atoms with Crippen molar-refractivity contribution < 1.29 is 4.79 Å². The van der Waals surface area contributed by atoms with E-state index in [9.17, 15) is 4.79 Å². The normalized spacial score (nSPS) is 16.5. The molecule has 0 atom stereocenters. The zero-order valence-corrected chi connectivity index (χ0v) is 12.0. The average Bonchev–Trinajstić information content (AvgIpc) is 2.48. The van der Waals surface area contributed by atoms with E-state index in [1.807, 2.05) is 12.1 Å². The molecule has 0 spiro atoms. The number of Topliss-reactive ketones (excluding diaryl/α,β-unsaturated/α-hetero) is 1. The summed E-state index contributed by atoms with van der Waals surface area (Å²) in [6, 6.07) is 8.35. The summed E-state index contributed by atoms with van der Waals surface area (Å²) in [5, 5.41) is 3.19. The van der Waals surface area contributed by atoms with Gasteiger partial charge >= 0.3 is 0 Å². The number of carbonyl (C=O) groups excluding carboxylic acids is 1. The number of hydrogen-bond acceptors (Lipinski definition) is 2. The highest BCUT2D eigenvalue weighted by atomic mass is 16.1.